The summed E-state index contributed by atoms with van der Waals surface area (Å²) in [5.41, 5.74) is 7.43. The van der Waals surface area contributed by atoms with Crippen LogP contribution in [0.4, 0.5) is 0 Å². The summed E-state index contributed by atoms with van der Waals surface area (Å²) in [6.45, 7) is 5.67. The molecule has 2 aromatic rings. The number of benzene rings is 1. The lowest BCUT2D eigenvalue weighted by atomic mass is 9.90. The van der Waals surface area contributed by atoms with Crippen molar-refractivity contribution in [2.45, 2.75) is 46.1 Å². The van der Waals surface area contributed by atoms with Gasteiger partial charge in [-0.2, -0.15) is 0 Å². The van der Waals surface area contributed by atoms with Gasteiger partial charge in [-0.25, -0.2) is 0 Å². The number of unbranched alkanes of at least 4 members (excludes halogenated alkanes) is 1. The molecule has 0 bridgehead atoms. The van der Waals surface area contributed by atoms with E-state index in [2.05, 4.69) is 48.7 Å². The first-order chi connectivity index (χ1) is 8.81. The lowest BCUT2D eigenvalue weighted by Crippen LogP contribution is -2.08. The van der Waals surface area contributed by atoms with Crippen LogP contribution in [-0.2, 0) is 19.4 Å². The number of aromatic nitrogens is 1. The zero-order valence-electron chi connectivity index (χ0n) is 11.4. The van der Waals surface area contributed by atoms with Crippen molar-refractivity contribution in [1.82, 2.24) is 4.57 Å². The first-order valence-electron chi connectivity index (χ1n) is 7.08. The lowest BCUT2D eigenvalue weighted by Gasteiger charge is -2.20. The Kier molecular flexibility index (Phi) is 2.99. The molecule has 1 aromatic heterocycles. The second-order valence-corrected chi connectivity index (χ2v) is 5.32. The van der Waals surface area contributed by atoms with Gasteiger partial charge in [0, 0.05) is 17.8 Å². The molecule has 0 fully saturated rings. The molecule has 0 aliphatic heterocycles. The van der Waals surface area contributed by atoms with Gasteiger partial charge >= 0.3 is 0 Å². The maximum Gasteiger partial charge on any atom is 0.0517 e. The third-order valence-corrected chi connectivity index (χ3v) is 4.05. The largest absolute Gasteiger partial charge is 0.345 e. The summed E-state index contributed by atoms with van der Waals surface area (Å²) in [5, 5.41) is 0. The van der Waals surface area contributed by atoms with Crippen LogP contribution < -0.4 is 0 Å². The molecule has 18 heavy (non-hydrogen) atoms. The van der Waals surface area contributed by atoms with Gasteiger partial charge in [0.15, 0.2) is 0 Å². The summed E-state index contributed by atoms with van der Waals surface area (Å²) < 4.78 is 2.52. The standard InChI is InChI=1S/C17H21N/c1-3-4-11-18-13(2)12-15-10-9-14-7-5-6-8-16(14)17(15)18/h5-8,12H,3-4,9-11H2,1-2H3. The average molecular weight is 239 g/mol. The van der Waals surface area contributed by atoms with E-state index < -0.39 is 0 Å². The summed E-state index contributed by atoms with van der Waals surface area (Å²) in [7, 11) is 0. The smallest absolute Gasteiger partial charge is 0.0517 e. The minimum Gasteiger partial charge on any atom is -0.345 e. The molecule has 1 heterocycles. The molecule has 1 aromatic carbocycles. The Morgan fingerprint density at radius 2 is 1.89 bits per heavy atom. The zero-order valence-corrected chi connectivity index (χ0v) is 11.4. The molecule has 0 saturated heterocycles. The minimum absolute atomic E-state index is 1.16. The molecule has 0 saturated carbocycles. The van der Waals surface area contributed by atoms with Gasteiger partial charge in [0.05, 0.1) is 5.69 Å². The third-order valence-electron chi connectivity index (χ3n) is 4.05. The van der Waals surface area contributed by atoms with E-state index in [1.54, 1.807) is 5.56 Å². The first-order valence-corrected chi connectivity index (χ1v) is 7.08. The highest BCUT2D eigenvalue weighted by Gasteiger charge is 2.20. The van der Waals surface area contributed by atoms with Crippen LogP contribution in [0.1, 0.15) is 36.6 Å². The van der Waals surface area contributed by atoms with Crippen molar-refractivity contribution in [1.29, 1.82) is 0 Å². The van der Waals surface area contributed by atoms with Gasteiger partial charge in [-0.3, -0.25) is 0 Å². The summed E-state index contributed by atoms with van der Waals surface area (Å²) in [4.78, 5) is 0. The van der Waals surface area contributed by atoms with Crippen LogP contribution in [0.5, 0.6) is 0 Å². The fraction of sp³-hybridized carbons (Fsp3) is 0.412. The molecule has 1 aliphatic carbocycles. The summed E-state index contributed by atoms with van der Waals surface area (Å²) >= 11 is 0. The molecule has 0 spiro atoms. The molecular formula is C17H21N. The molecule has 94 valence electrons. The fourth-order valence-corrected chi connectivity index (χ4v) is 3.10. The lowest BCUT2D eigenvalue weighted by molar-refractivity contribution is 0.625. The van der Waals surface area contributed by atoms with E-state index >= 15 is 0 Å². The van der Waals surface area contributed by atoms with E-state index in [9.17, 15) is 0 Å². The summed E-state index contributed by atoms with van der Waals surface area (Å²) in [6.07, 6.45) is 4.92. The van der Waals surface area contributed by atoms with Crippen molar-refractivity contribution in [2.24, 2.45) is 0 Å². The Labute approximate surface area is 109 Å². The number of hydrogen-bond donors (Lipinski definition) is 0. The maximum absolute atomic E-state index is 2.52. The van der Waals surface area contributed by atoms with Gasteiger partial charge in [0.2, 0.25) is 0 Å². The fourth-order valence-electron chi connectivity index (χ4n) is 3.10. The number of rotatable bonds is 3. The molecule has 1 aliphatic rings. The van der Waals surface area contributed by atoms with Crippen molar-refractivity contribution in [3.8, 4) is 11.3 Å². The highest BCUT2D eigenvalue weighted by molar-refractivity contribution is 5.71. The SMILES string of the molecule is CCCCn1c(C)cc2c1-c1ccccc1CC2. The number of aryl methyl sites for hydroxylation is 3. The number of nitrogens with zero attached hydrogens (tertiary/aromatic N) is 1. The highest BCUT2D eigenvalue weighted by atomic mass is 15.0. The monoisotopic (exact) mass is 239 g/mol. The molecule has 0 amide bonds. The van der Waals surface area contributed by atoms with Gasteiger partial charge in [-0.15, -0.1) is 0 Å². The van der Waals surface area contributed by atoms with Crippen LogP contribution in [0.25, 0.3) is 11.3 Å². The van der Waals surface area contributed by atoms with E-state index in [0.717, 1.165) is 6.54 Å². The Hall–Kier alpha value is -1.50. The molecular weight excluding hydrogens is 218 g/mol. The van der Waals surface area contributed by atoms with Crippen molar-refractivity contribution in [3.05, 3.63) is 47.2 Å². The predicted molar refractivity (Wildman–Crippen MR) is 76.9 cm³/mol. The van der Waals surface area contributed by atoms with E-state index in [4.69, 9.17) is 0 Å². The Bertz CT molecular complexity index is 563. The van der Waals surface area contributed by atoms with Gasteiger partial charge in [0.1, 0.15) is 0 Å². The molecule has 1 heteroatoms. The normalized spacial score (nSPS) is 13.2. The Balaban J connectivity index is 2.12. The Morgan fingerprint density at radius 3 is 2.72 bits per heavy atom. The molecule has 0 N–H and O–H groups in total. The minimum atomic E-state index is 1.16. The van der Waals surface area contributed by atoms with Crippen LogP contribution >= 0.6 is 0 Å². The number of hydrogen-bond acceptors (Lipinski definition) is 0. The van der Waals surface area contributed by atoms with E-state index in [1.165, 1.54) is 48.2 Å². The van der Waals surface area contributed by atoms with E-state index in [1.807, 2.05) is 0 Å². The van der Waals surface area contributed by atoms with Crippen LogP contribution in [0, 0.1) is 6.92 Å². The topological polar surface area (TPSA) is 4.93 Å². The predicted octanol–water partition coefficient (Wildman–Crippen LogP) is 4.36. The van der Waals surface area contributed by atoms with Crippen molar-refractivity contribution in [3.63, 3.8) is 0 Å². The van der Waals surface area contributed by atoms with Crippen LogP contribution in [0.3, 0.4) is 0 Å². The van der Waals surface area contributed by atoms with Gasteiger partial charge in [-0.05, 0) is 43.4 Å². The second kappa shape index (κ2) is 4.64. The second-order valence-electron chi connectivity index (χ2n) is 5.32. The molecule has 0 atom stereocenters. The molecule has 0 radical (unpaired) electrons. The highest BCUT2D eigenvalue weighted by Crippen LogP contribution is 2.35. The molecule has 0 unspecified atom stereocenters. The van der Waals surface area contributed by atoms with Gasteiger partial charge in [-0.1, -0.05) is 37.6 Å². The number of fused-ring (bicyclic) bond motifs is 3. The van der Waals surface area contributed by atoms with Crippen molar-refractivity contribution >= 4 is 0 Å². The van der Waals surface area contributed by atoms with Gasteiger partial charge < -0.3 is 4.57 Å². The van der Waals surface area contributed by atoms with E-state index in [0.29, 0.717) is 0 Å². The van der Waals surface area contributed by atoms with Crippen molar-refractivity contribution < 1.29 is 0 Å². The maximum atomic E-state index is 2.52. The van der Waals surface area contributed by atoms with Crippen LogP contribution in [-0.4, -0.2) is 4.57 Å². The zero-order chi connectivity index (χ0) is 12.5. The van der Waals surface area contributed by atoms with Crippen LogP contribution in [0.15, 0.2) is 30.3 Å². The Morgan fingerprint density at radius 1 is 1.11 bits per heavy atom. The first kappa shape index (κ1) is 11.6. The average Bonchev–Trinajstić information content (AvgIpc) is 2.72. The summed E-state index contributed by atoms with van der Waals surface area (Å²) in [6, 6.07) is 11.3. The third kappa shape index (κ3) is 1.78. The molecule has 3 rings (SSSR count). The van der Waals surface area contributed by atoms with Crippen LogP contribution in [0.2, 0.25) is 0 Å². The molecule has 1 nitrogen and oxygen atoms in total. The summed E-state index contributed by atoms with van der Waals surface area (Å²) in [5.74, 6) is 0. The van der Waals surface area contributed by atoms with E-state index in [-0.39, 0.29) is 0 Å². The van der Waals surface area contributed by atoms with Crippen molar-refractivity contribution in [2.75, 3.05) is 0 Å². The van der Waals surface area contributed by atoms with Gasteiger partial charge in [0.25, 0.3) is 0 Å². The quantitative estimate of drug-likeness (QED) is 0.750.